The number of nitrogens with zero attached hydrogens (tertiary/aromatic N) is 5. The number of nitriles is 1. The summed E-state index contributed by atoms with van der Waals surface area (Å²) in [5, 5.41) is 8.96. The summed E-state index contributed by atoms with van der Waals surface area (Å²) in [6, 6.07) is 13.9. The molecular formula is C24H29N5O5S. The van der Waals surface area contributed by atoms with Crippen LogP contribution in [0, 0.1) is 11.3 Å². The molecular weight excluding hydrogens is 470 g/mol. The second-order valence-corrected chi connectivity index (χ2v) is 10.1. The highest BCUT2D eigenvalue weighted by Gasteiger charge is 2.21. The van der Waals surface area contributed by atoms with Crippen LogP contribution in [0.4, 0.5) is 5.69 Å². The minimum absolute atomic E-state index is 0.0612. The standard InChI is InChI=1S/C24H29N5O5S/c1-5-33-24(30)16-28-22-14-19(29(35(4,31)32)13-12-27(2)3)8-11-21(22)26-23(28)17-34-20-9-6-18(15-25)7-10-20/h6-11,14H,5,12-13,16-17H2,1-4H3. The third kappa shape index (κ3) is 6.71. The average Bonchev–Trinajstić information content (AvgIpc) is 3.14. The number of imidazole rings is 1. The highest BCUT2D eigenvalue weighted by Crippen LogP contribution is 2.26. The van der Waals surface area contributed by atoms with Crippen molar-refractivity contribution < 1.29 is 22.7 Å². The highest BCUT2D eigenvalue weighted by molar-refractivity contribution is 7.92. The first-order valence-corrected chi connectivity index (χ1v) is 12.9. The molecule has 0 bridgehead atoms. The predicted octanol–water partition coefficient (Wildman–Crippen LogP) is 2.38. The molecule has 0 saturated carbocycles. The van der Waals surface area contributed by atoms with Gasteiger partial charge < -0.3 is 18.9 Å². The minimum atomic E-state index is -3.53. The van der Waals surface area contributed by atoms with Gasteiger partial charge in [-0.2, -0.15) is 5.26 Å². The summed E-state index contributed by atoms with van der Waals surface area (Å²) in [5.74, 6) is 0.588. The molecule has 0 spiro atoms. The number of aromatic nitrogens is 2. The Labute approximate surface area is 205 Å². The fourth-order valence-corrected chi connectivity index (χ4v) is 4.40. The van der Waals surface area contributed by atoms with Crippen molar-refractivity contribution in [3.8, 4) is 11.8 Å². The number of carbonyl (C=O) groups excluding carboxylic acids is 1. The Morgan fingerprint density at radius 2 is 1.86 bits per heavy atom. The number of carbonyl (C=O) groups is 1. The van der Waals surface area contributed by atoms with Crippen LogP contribution in [0.25, 0.3) is 11.0 Å². The average molecular weight is 500 g/mol. The van der Waals surface area contributed by atoms with E-state index in [1.54, 1.807) is 54.0 Å². The predicted molar refractivity (Wildman–Crippen MR) is 133 cm³/mol. The van der Waals surface area contributed by atoms with Crippen molar-refractivity contribution in [3.05, 3.63) is 53.9 Å². The number of rotatable bonds is 11. The van der Waals surface area contributed by atoms with E-state index >= 15 is 0 Å². The SMILES string of the molecule is CCOC(=O)Cn1c(COc2ccc(C#N)cc2)nc2ccc(N(CCN(C)C)S(C)(=O)=O)cc21. The van der Waals surface area contributed by atoms with Crippen LogP contribution in [-0.4, -0.2) is 68.9 Å². The van der Waals surface area contributed by atoms with Gasteiger partial charge in [-0.1, -0.05) is 0 Å². The normalized spacial score (nSPS) is 11.4. The number of anilines is 1. The third-order valence-electron chi connectivity index (χ3n) is 5.19. The quantitative estimate of drug-likeness (QED) is 0.369. The van der Waals surface area contributed by atoms with Crippen LogP contribution in [0.15, 0.2) is 42.5 Å². The summed E-state index contributed by atoms with van der Waals surface area (Å²) in [4.78, 5) is 18.9. The van der Waals surface area contributed by atoms with Crippen molar-refractivity contribution >= 4 is 32.7 Å². The Balaban J connectivity index is 1.99. The molecule has 10 nitrogen and oxygen atoms in total. The molecule has 0 radical (unpaired) electrons. The van der Waals surface area contributed by atoms with Gasteiger partial charge in [0.15, 0.2) is 0 Å². The molecule has 0 atom stereocenters. The molecule has 35 heavy (non-hydrogen) atoms. The Bertz CT molecular complexity index is 1330. The lowest BCUT2D eigenvalue weighted by Gasteiger charge is -2.24. The van der Waals surface area contributed by atoms with Gasteiger partial charge in [-0.15, -0.1) is 0 Å². The molecule has 0 aliphatic rings. The molecule has 0 fully saturated rings. The Kier molecular flexibility index (Phi) is 8.32. The van der Waals surface area contributed by atoms with Crippen molar-refractivity contribution in [2.45, 2.75) is 20.1 Å². The third-order valence-corrected chi connectivity index (χ3v) is 6.39. The van der Waals surface area contributed by atoms with E-state index < -0.39 is 16.0 Å². The number of hydrogen-bond donors (Lipinski definition) is 0. The van der Waals surface area contributed by atoms with Crippen LogP contribution in [0.2, 0.25) is 0 Å². The van der Waals surface area contributed by atoms with Crippen LogP contribution in [0.1, 0.15) is 18.3 Å². The van der Waals surface area contributed by atoms with Crippen molar-refractivity contribution in [1.82, 2.24) is 14.5 Å². The molecule has 0 amide bonds. The Morgan fingerprint density at radius 1 is 1.14 bits per heavy atom. The summed E-state index contributed by atoms with van der Waals surface area (Å²) in [7, 11) is 0.212. The van der Waals surface area contributed by atoms with Gasteiger partial charge in [0.1, 0.15) is 24.7 Å². The smallest absolute Gasteiger partial charge is 0.326 e. The second kappa shape index (κ2) is 11.2. The van der Waals surface area contributed by atoms with Gasteiger partial charge in [0, 0.05) is 13.1 Å². The molecule has 1 heterocycles. The van der Waals surface area contributed by atoms with Gasteiger partial charge in [0.05, 0.1) is 41.2 Å². The Morgan fingerprint density at radius 3 is 2.46 bits per heavy atom. The number of fused-ring (bicyclic) bond motifs is 1. The van der Waals surface area contributed by atoms with E-state index in [9.17, 15) is 13.2 Å². The van der Waals surface area contributed by atoms with E-state index in [1.807, 2.05) is 19.0 Å². The van der Waals surface area contributed by atoms with Crippen molar-refractivity contribution in [1.29, 1.82) is 5.26 Å². The zero-order chi connectivity index (χ0) is 25.6. The highest BCUT2D eigenvalue weighted by atomic mass is 32.2. The fraction of sp³-hybridized carbons (Fsp3) is 0.375. The molecule has 11 heteroatoms. The topological polar surface area (TPSA) is 118 Å². The van der Waals surface area contributed by atoms with Gasteiger partial charge in [-0.3, -0.25) is 9.10 Å². The van der Waals surface area contributed by atoms with E-state index in [4.69, 9.17) is 14.7 Å². The van der Waals surface area contributed by atoms with E-state index in [0.29, 0.717) is 40.4 Å². The molecule has 0 aliphatic heterocycles. The Hall–Kier alpha value is -3.62. The first kappa shape index (κ1) is 26.0. The summed E-state index contributed by atoms with van der Waals surface area (Å²) in [6.45, 7) is 2.74. The number of hydrogen-bond acceptors (Lipinski definition) is 8. The van der Waals surface area contributed by atoms with E-state index in [0.717, 1.165) is 0 Å². The number of ether oxygens (including phenoxy) is 2. The first-order valence-electron chi connectivity index (χ1n) is 11.0. The summed E-state index contributed by atoms with van der Waals surface area (Å²) in [6.07, 6.45) is 1.17. The maximum absolute atomic E-state index is 12.5. The van der Waals surface area contributed by atoms with Crippen LogP contribution in [0.5, 0.6) is 5.75 Å². The number of sulfonamides is 1. The molecule has 0 N–H and O–H groups in total. The van der Waals surface area contributed by atoms with Crippen LogP contribution >= 0.6 is 0 Å². The van der Waals surface area contributed by atoms with Gasteiger partial charge in [0.2, 0.25) is 10.0 Å². The lowest BCUT2D eigenvalue weighted by molar-refractivity contribution is -0.143. The maximum Gasteiger partial charge on any atom is 0.326 e. The number of esters is 1. The van der Waals surface area contributed by atoms with Crippen molar-refractivity contribution in [2.75, 3.05) is 44.4 Å². The molecule has 186 valence electrons. The van der Waals surface area contributed by atoms with Gasteiger partial charge in [-0.05, 0) is 63.5 Å². The maximum atomic E-state index is 12.5. The lowest BCUT2D eigenvalue weighted by atomic mass is 10.2. The van der Waals surface area contributed by atoms with Crippen LogP contribution < -0.4 is 9.04 Å². The van der Waals surface area contributed by atoms with Crippen LogP contribution in [-0.2, 0) is 32.7 Å². The monoisotopic (exact) mass is 499 g/mol. The fourth-order valence-electron chi connectivity index (χ4n) is 3.49. The second-order valence-electron chi connectivity index (χ2n) is 8.16. The molecule has 0 unspecified atom stereocenters. The van der Waals surface area contributed by atoms with Crippen molar-refractivity contribution in [3.63, 3.8) is 0 Å². The van der Waals surface area contributed by atoms with Crippen LogP contribution in [0.3, 0.4) is 0 Å². The molecule has 3 aromatic rings. The molecule has 2 aromatic carbocycles. The summed E-state index contributed by atoms with van der Waals surface area (Å²) < 4.78 is 39.0. The summed E-state index contributed by atoms with van der Waals surface area (Å²) in [5.41, 5.74) is 2.18. The number of benzene rings is 2. The van der Waals surface area contributed by atoms with Gasteiger partial charge in [-0.25, -0.2) is 13.4 Å². The van der Waals surface area contributed by atoms with Gasteiger partial charge in [0.25, 0.3) is 0 Å². The zero-order valence-electron chi connectivity index (χ0n) is 20.3. The first-order chi connectivity index (χ1) is 16.6. The van der Waals surface area contributed by atoms with E-state index in [-0.39, 0.29) is 26.3 Å². The molecule has 0 aliphatic carbocycles. The molecule has 3 rings (SSSR count). The lowest BCUT2D eigenvalue weighted by Crippen LogP contribution is -2.36. The van der Waals surface area contributed by atoms with Crippen molar-refractivity contribution in [2.24, 2.45) is 0 Å². The van der Waals surface area contributed by atoms with E-state index in [2.05, 4.69) is 11.1 Å². The van der Waals surface area contributed by atoms with E-state index in [1.165, 1.54) is 10.6 Å². The zero-order valence-corrected chi connectivity index (χ0v) is 21.1. The van der Waals surface area contributed by atoms with Gasteiger partial charge >= 0.3 is 5.97 Å². The largest absolute Gasteiger partial charge is 0.486 e. The number of likely N-dealkylation sites (N-methyl/N-ethyl adjacent to an activating group) is 1. The molecule has 1 aromatic heterocycles. The minimum Gasteiger partial charge on any atom is -0.486 e. The molecule has 0 saturated heterocycles. The summed E-state index contributed by atoms with van der Waals surface area (Å²) >= 11 is 0.